The van der Waals surface area contributed by atoms with Crippen LogP contribution in [0.2, 0.25) is 10.0 Å². The predicted octanol–water partition coefficient (Wildman–Crippen LogP) is 3.13. The zero-order chi connectivity index (χ0) is 14.8. The molecule has 112 valence electrons. The van der Waals surface area contributed by atoms with Crippen molar-refractivity contribution in [1.82, 2.24) is 10.6 Å². The van der Waals surface area contributed by atoms with Crippen molar-refractivity contribution in [2.75, 3.05) is 19.6 Å². The van der Waals surface area contributed by atoms with E-state index in [0.29, 0.717) is 16.6 Å². The van der Waals surface area contributed by atoms with Gasteiger partial charge in [0.25, 0.3) is 0 Å². The molecule has 21 heavy (non-hydrogen) atoms. The smallest absolute Gasteiger partial charge is 0.224 e. The van der Waals surface area contributed by atoms with Crippen molar-refractivity contribution < 1.29 is 4.79 Å². The molecule has 0 saturated heterocycles. The minimum atomic E-state index is 0.0737. The van der Waals surface area contributed by atoms with E-state index in [1.54, 1.807) is 6.07 Å². The molecule has 0 radical (unpaired) electrons. The standard InChI is InChI=1S/C16H18Cl2N2O/c17-14-2-1-11(7-15(14)18)12-8-13(12)16(21)20-9-10-3-5-19-6-4-10/h1-3,7,12-13,19H,4-6,8-9H2,(H,20,21). The first-order valence-electron chi connectivity index (χ1n) is 7.26. The molecule has 1 aliphatic heterocycles. The summed E-state index contributed by atoms with van der Waals surface area (Å²) in [7, 11) is 0. The second kappa shape index (κ2) is 6.39. The van der Waals surface area contributed by atoms with Crippen molar-refractivity contribution >= 4 is 29.1 Å². The highest BCUT2D eigenvalue weighted by molar-refractivity contribution is 6.42. The van der Waals surface area contributed by atoms with Crippen molar-refractivity contribution in [1.29, 1.82) is 0 Å². The van der Waals surface area contributed by atoms with Crippen LogP contribution >= 0.6 is 23.2 Å². The maximum Gasteiger partial charge on any atom is 0.224 e. The summed E-state index contributed by atoms with van der Waals surface area (Å²) in [6.45, 7) is 2.57. The van der Waals surface area contributed by atoms with Gasteiger partial charge in [0, 0.05) is 19.0 Å². The summed E-state index contributed by atoms with van der Waals surface area (Å²) in [5.41, 5.74) is 2.42. The molecular formula is C16H18Cl2N2O. The van der Waals surface area contributed by atoms with Crippen LogP contribution < -0.4 is 10.6 Å². The van der Waals surface area contributed by atoms with E-state index in [1.807, 2.05) is 12.1 Å². The zero-order valence-electron chi connectivity index (χ0n) is 11.7. The molecule has 3 nitrogen and oxygen atoms in total. The Morgan fingerprint density at radius 2 is 2.19 bits per heavy atom. The van der Waals surface area contributed by atoms with Crippen LogP contribution in [-0.2, 0) is 4.79 Å². The SMILES string of the molecule is O=C(NCC1=CCNCC1)C1CC1c1ccc(Cl)c(Cl)c1. The van der Waals surface area contributed by atoms with Crippen LogP contribution in [0.5, 0.6) is 0 Å². The minimum Gasteiger partial charge on any atom is -0.352 e. The fraction of sp³-hybridized carbons (Fsp3) is 0.438. The molecule has 1 amide bonds. The third kappa shape index (κ3) is 3.60. The summed E-state index contributed by atoms with van der Waals surface area (Å²) in [5.74, 6) is 0.497. The highest BCUT2D eigenvalue weighted by atomic mass is 35.5. The number of nitrogens with one attached hydrogen (secondary N) is 2. The molecule has 0 spiro atoms. The molecule has 2 unspecified atom stereocenters. The van der Waals surface area contributed by atoms with E-state index in [1.165, 1.54) is 5.57 Å². The molecule has 2 aliphatic rings. The van der Waals surface area contributed by atoms with Gasteiger partial charge >= 0.3 is 0 Å². The van der Waals surface area contributed by atoms with E-state index in [0.717, 1.165) is 31.5 Å². The highest BCUT2D eigenvalue weighted by Crippen LogP contribution is 2.48. The summed E-state index contributed by atoms with van der Waals surface area (Å²) in [5, 5.41) is 7.42. The lowest BCUT2D eigenvalue weighted by atomic mass is 10.1. The molecule has 1 aliphatic carbocycles. The van der Waals surface area contributed by atoms with Crippen LogP contribution in [0.4, 0.5) is 0 Å². The van der Waals surface area contributed by atoms with Crippen molar-refractivity contribution in [3.8, 4) is 0 Å². The maximum absolute atomic E-state index is 12.2. The van der Waals surface area contributed by atoms with E-state index in [-0.39, 0.29) is 17.7 Å². The Balaban J connectivity index is 1.53. The van der Waals surface area contributed by atoms with Crippen LogP contribution in [0.25, 0.3) is 0 Å². The molecule has 1 aromatic carbocycles. The first-order valence-corrected chi connectivity index (χ1v) is 8.02. The Kier molecular flexibility index (Phi) is 4.53. The number of halogens is 2. The molecule has 2 N–H and O–H groups in total. The van der Waals surface area contributed by atoms with Gasteiger partial charge in [0.2, 0.25) is 5.91 Å². The molecule has 1 fully saturated rings. The fourth-order valence-electron chi connectivity index (χ4n) is 2.76. The third-order valence-electron chi connectivity index (χ3n) is 4.15. The van der Waals surface area contributed by atoms with Gasteiger partial charge in [-0.15, -0.1) is 0 Å². The van der Waals surface area contributed by atoms with Crippen molar-refractivity contribution in [2.45, 2.75) is 18.8 Å². The Hall–Kier alpha value is -1.03. The van der Waals surface area contributed by atoms with Gasteiger partial charge in [-0.1, -0.05) is 40.9 Å². The lowest BCUT2D eigenvalue weighted by Gasteiger charge is -2.14. The second-order valence-corrected chi connectivity index (χ2v) is 6.47. The summed E-state index contributed by atoms with van der Waals surface area (Å²) in [6.07, 6.45) is 4.07. The van der Waals surface area contributed by atoms with E-state index in [9.17, 15) is 4.79 Å². The van der Waals surface area contributed by atoms with Crippen molar-refractivity contribution in [3.05, 3.63) is 45.5 Å². The molecule has 0 bridgehead atoms. The largest absolute Gasteiger partial charge is 0.352 e. The highest BCUT2D eigenvalue weighted by Gasteiger charge is 2.43. The monoisotopic (exact) mass is 324 g/mol. The number of hydrogen-bond donors (Lipinski definition) is 2. The maximum atomic E-state index is 12.2. The number of amides is 1. The fourth-order valence-corrected chi connectivity index (χ4v) is 3.06. The van der Waals surface area contributed by atoms with Crippen LogP contribution in [-0.4, -0.2) is 25.5 Å². The minimum absolute atomic E-state index is 0.0737. The van der Waals surface area contributed by atoms with Gasteiger partial charge in [0.1, 0.15) is 0 Å². The topological polar surface area (TPSA) is 41.1 Å². The van der Waals surface area contributed by atoms with Gasteiger partial charge in [0.05, 0.1) is 10.0 Å². The summed E-state index contributed by atoms with van der Waals surface area (Å²) in [6, 6.07) is 5.63. The van der Waals surface area contributed by atoms with Crippen LogP contribution in [0.3, 0.4) is 0 Å². The van der Waals surface area contributed by atoms with Crippen molar-refractivity contribution in [2.24, 2.45) is 5.92 Å². The Bertz CT molecular complexity index is 586. The number of carbonyl (C=O) groups is 1. The molecule has 1 heterocycles. The first-order chi connectivity index (χ1) is 10.1. The molecule has 2 atom stereocenters. The van der Waals surface area contributed by atoms with Gasteiger partial charge in [-0.3, -0.25) is 4.79 Å². The molecule has 0 aromatic heterocycles. The van der Waals surface area contributed by atoms with Gasteiger partial charge in [-0.05, 0) is 43.0 Å². The average Bonchev–Trinajstić information content (AvgIpc) is 3.29. The van der Waals surface area contributed by atoms with Gasteiger partial charge < -0.3 is 10.6 Å². The number of carbonyl (C=O) groups excluding carboxylic acids is 1. The predicted molar refractivity (Wildman–Crippen MR) is 85.9 cm³/mol. The Morgan fingerprint density at radius 1 is 1.33 bits per heavy atom. The van der Waals surface area contributed by atoms with Crippen LogP contribution in [0, 0.1) is 5.92 Å². The lowest BCUT2D eigenvalue weighted by molar-refractivity contribution is -0.122. The molecular weight excluding hydrogens is 307 g/mol. The normalized spacial score (nSPS) is 24.4. The van der Waals surface area contributed by atoms with E-state index in [2.05, 4.69) is 16.7 Å². The van der Waals surface area contributed by atoms with Crippen LogP contribution in [0.15, 0.2) is 29.8 Å². The second-order valence-electron chi connectivity index (χ2n) is 5.66. The summed E-state index contributed by atoms with van der Waals surface area (Å²) in [4.78, 5) is 12.2. The quantitative estimate of drug-likeness (QED) is 0.835. The summed E-state index contributed by atoms with van der Waals surface area (Å²) >= 11 is 11.9. The van der Waals surface area contributed by atoms with E-state index >= 15 is 0 Å². The van der Waals surface area contributed by atoms with Crippen molar-refractivity contribution in [3.63, 3.8) is 0 Å². The summed E-state index contributed by atoms with van der Waals surface area (Å²) < 4.78 is 0. The first kappa shape index (κ1) is 14.9. The number of benzene rings is 1. The van der Waals surface area contributed by atoms with Gasteiger partial charge in [0.15, 0.2) is 0 Å². The molecule has 5 heteroatoms. The number of rotatable bonds is 4. The molecule has 1 saturated carbocycles. The average molecular weight is 325 g/mol. The lowest BCUT2D eigenvalue weighted by Crippen LogP contribution is -2.30. The van der Waals surface area contributed by atoms with E-state index < -0.39 is 0 Å². The van der Waals surface area contributed by atoms with Crippen LogP contribution in [0.1, 0.15) is 24.3 Å². The van der Waals surface area contributed by atoms with E-state index in [4.69, 9.17) is 23.2 Å². The molecule has 1 aromatic rings. The van der Waals surface area contributed by atoms with Gasteiger partial charge in [-0.25, -0.2) is 0 Å². The van der Waals surface area contributed by atoms with Gasteiger partial charge in [-0.2, -0.15) is 0 Å². The third-order valence-corrected chi connectivity index (χ3v) is 4.89. The molecule has 3 rings (SSSR count). The Morgan fingerprint density at radius 3 is 2.90 bits per heavy atom. The zero-order valence-corrected chi connectivity index (χ0v) is 13.2. The Labute approximate surface area is 134 Å². The number of hydrogen-bond acceptors (Lipinski definition) is 2.